The summed E-state index contributed by atoms with van der Waals surface area (Å²) in [5.74, 6) is 1.26. The zero-order chi connectivity index (χ0) is 18.2. The van der Waals surface area contributed by atoms with Crippen molar-refractivity contribution < 1.29 is 14.3 Å². The van der Waals surface area contributed by atoms with Crippen LogP contribution >= 0.6 is 11.6 Å². The van der Waals surface area contributed by atoms with Crippen molar-refractivity contribution in [1.82, 2.24) is 0 Å². The van der Waals surface area contributed by atoms with Gasteiger partial charge in [-0.05, 0) is 62.6 Å². The summed E-state index contributed by atoms with van der Waals surface area (Å²) in [7, 11) is 0. The van der Waals surface area contributed by atoms with Crippen molar-refractivity contribution in [2.24, 2.45) is 0 Å². The van der Waals surface area contributed by atoms with Crippen LogP contribution in [-0.4, -0.2) is 19.1 Å². The maximum Gasteiger partial charge on any atom is 0.234 e. The lowest BCUT2D eigenvalue weighted by atomic mass is 9.83. The Kier molecular flexibility index (Phi) is 4.65. The van der Waals surface area contributed by atoms with E-state index in [1.165, 1.54) is 0 Å². The minimum Gasteiger partial charge on any atom is -0.486 e. The first-order chi connectivity index (χ1) is 11.8. The van der Waals surface area contributed by atoms with Gasteiger partial charge in [-0.3, -0.25) is 4.79 Å². The maximum atomic E-state index is 13.0. The maximum absolute atomic E-state index is 13.0. The summed E-state index contributed by atoms with van der Waals surface area (Å²) < 4.78 is 11.2. The third-order valence-corrected chi connectivity index (χ3v) is 4.80. The number of hydrogen-bond donors (Lipinski definition) is 1. The molecule has 0 spiro atoms. The minimum absolute atomic E-state index is 0.127. The van der Waals surface area contributed by atoms with E-state index in [4.69, 9.17) is 21.1 Å². The van der Waals surface area contributed by atoms with Crippen molar-refractivity contribution in [3.63, 3.8) is 0 Å². The summed E-state index contributed by atoms with van der Waals surface area (Å²) in [6.07, 6.45) is 0. The van der Waals surface area contributed by atoms with Crippen LogP contribution in [-0.2, 0) is 10.2 Å². The fourth-order valence-corrected chi connectivity index (χ4v) is 3.28. The first-order valence-electron chi connectivity index (χ1n) is 8.27. The molecule has 3 rings (SSSR count). The Labute approximate surface area is 153 Å². The first-order valence-corrected chi connectivity index (χ1v) is 8.65. The largest absolute Gasteiger partial charge is 0.486 e. The van der Waals surface area contributed by atoms with Crippen LogP contribution in [0.4, 0.5) is 5.69 Å². The summed E-state index contributed by atoms with van der Waals surface area (Å²) in [6.45, 7) is 8.73. The Bertz CT molecular complexity index is 807. The van der Waals surface area contributed by atoms with E-state index in [2.05, 4.69) is 5.32 Å². The molecule has 0 radical (unpaired) electrons. The fraction of sp³-hybridized carbons (Fsp3) is 0.350. The van der Waals surface area contributed by atoms with Gasteiger partial charge >= 0.3 is 0 Å². The molecule has 25 heavy (non-hydrogen) atoms. The number of fused-ring (bicyclic) bond motifs is 1. The van der Waals surface area contributed by atoms with Gasteiger partial charge in [-0.25, -0.2) is 0 Å². The summed E-state index contributed by atoms with van der Waals surface area (Å²) in [4.78, 5) is 13.0. The lowest BCUT2D eigenvalue weighted by Crippen LogP contribution is -2.35. The highest BCUT2D eigenvalue weighted by molar-refractivity contribution is 6.34. The molecule has 2 aromatic rings. The summed E-state index contributed by atoms with van der Waals surface area (Å²) >= 11 is 6.32. The van der Waals surface area contributed by atoms with Crippen LogP contribution in [0.3, 0.4) is 0 Å². The normalized spacial score (nSPS) is 13.5. The molecule has 2 aromatic carbocycles. The van der Waals surface area contributed by atoms with Crippen LogP contribution < -0.4 is 14.8 Å². The van der Waals surface area contributed by atoms with E-state index >= 15 is 0 Å². The van der Waals surface area contributed by atoms with E-state index < -0.39 is 5.41 Å². The quantitative estimate of drug-likeness (QED) is 0.868. The minimum atomic E-state index is -0.753. The molecule has 132 valence electrons. The second-order valence-corrected chi connectivity index (χ2v) is 7.28. The van der Waals surface area contributed by atoms with E-state index in [1.807, 2.05) is 58.0 Å². The highest BCUT2D eigenvalue weighted by atomic mass is 35.5. The average molecular weight is 360 g/mol. The topological polar surface area (TPSA) is 47.6 Å². The fourth-order valence-electron chi connectivity index (χ4n) is 2.91. The van der Waals surface area contributed by atoms with Crippen LogP contribution in [0.25, 0.3) is 0 Å². The van der Waals surface area contributed by atoms with E-state index in [-0.39, 0.29) is 5.91 Å². The molecule has 0 aliphatic carbocycles. The van der Waals surface area contributed by atoms with Gasteiger partial charge in [-0.15, -0.1) is 0 Å². The van der Waals surface area contributed by atoms with Crippen molar-refractivity contribution in [3.05, 3.63) is 52.0 Å². The molecule has 1 amide bonds. The Hall–Kier alpha value is -2.20. The average Bonchev–Trinajstić information content (AvgIpc) is 2.57. The van der Waals surface area contributed by atoms with E-state index in [1.54, 1.807) is 0 Å². The predicted molar refractivity (Wildman–Crippen MR) is 100 cm³/mol. The van der Waals surface area contributed by atoms with Crippen LogP contribution in [0.1, 0.15) is 30.5 Å². The zero-order valence-electron chi connectivity index (χ0n) is 14.9. The number of amides is 1. The lowest BCUT2D eigenvalue weighted by molar-refractivity contribution is -0.120. The molecule has 0 saturated carbocycles. The molecule has 0 aromatic heterocycles. The third kappa shape index (κ3) is 3.45. The van der Waals surface area contributed by atoms with Gasteiger partial charge in [-0.1, -0.05) is 23.7 Å². The van der Waals surface area contributed by atoms with Crippen molar-refractivity contribution in [2.45, 2.75) is 33.1 Å². The highest BCUT2D eigenvalue weighted by Crippen LogP contribution is 2.36. The monoisotopic (exact) mass is 359 g/mol. The van der Waals surface area contributed by atoms with Gasteiger partial charge in [0.1, 0.15) is 13.2 Å². The van der Waals surface area contributed by atoms with Gasteiger partial charge in [0.25, 0.3) is 0 Å². The zero-order valence-corrected chi connectivity index (χ0v) is 15.7. The Morgan fingerprint density at radius 1 is 1.08 bits per heavy atom. The SMILES string of the molecule is Cc1cc(C)c(NC(=O)C(C)(C)c2ccc3c(c2)OCCO3)c(Cl)c1. The molecule has 0 fully saturated rings. The Balaban J connectivity index is 1.88. The second-order valence-electron chi connectivity index (χ2n) is 6.88. The number of ether oxygens (including phenoxy) is 2. The number of nitrogens with one attached hydrogen (secondary N) is 1. The van der Waals surface area contributed by atoms with E-state index in [0.717, 1.165) is 16.7 Å². The number of hydrogen-bond acceptors (Lipinski definition) is 3. The number of carbonyl (C=O) groups excluding carboxylic acids is 1. The number of anilines is 1. The number of halogens is 1. The van der Waals surface area contributed by atoms with Crippen LogP contribution in [0.15, 0.2) is 30.3 Å². The summed E-state index contributed by atoms with van der Waals surface area (Å²) in [6, 6.07) is 9.47. The van der Waals surface area contributed by atoms with Gasteiger partial charge < -0.3 is 14.8 Å². The molecule has 5 heteroatoms. The standard InChI is InChI=1S/C20H22ClNO3/c1-12-9-13(2)18(15(21)10-12)22-19(23)20(3,4)14-5-6-16-17(11-14)25-8-7-24-16/h5-6,9-11H,7-8H2,1-4H3,(H,22,23). The molecule has 0 atom stereocenters. The van der Waals surface area contributed by atoms with Gasteiger partial charge in [0, 0.05) is 0 Å². The first kappa shape index (κ1) is 17.6. The van der Waals surface area contributed by atoms with Crippen LogP contribution in [0, 0.1) is 13.8 Å². The molecule has 1 aliphatic heterocycles. The Morgan fingerprint density at radius 2 is 1.76 bits per heavy atom. The second kappa shape index (κ2) is 6.60. The molecule has 0 saturated heterocycles. The van der Waals surface area contributed by atoms with Crippen LogP contribution in [0.2, 0.25) is 5.02 Å². The molecule has 4 nitrogen and oxygen atoms in total. The van der Waals surface area contributed by atoms with Gasteiger partial charge in [0.2, 0.25) is 5.91 Å². The van der Waals surface area contributed by atoms with Crippen molar-refractivity contribution in [3.8, 4) is 11.5 Å². The molecule has 1 N–H and O–H groups in total. The van der Waals surface area contributed by atoms with Crippen molar-refractivity contribution in [1.29, 1.82) is 0 Å². The van der Waals surface area contributed by atoms with Gasteiger partial charge in [0.05, 0.1) is 16.1 Å². The number of benzene rings is 2. The smallest absolute Gasteiger partial charge is 0.234 e. The predicted octanol–water partition coefficient (Wildman–Crippen LogP) is 4.64. The van der Waals surface area contributed by atoms with Crippen LogP contribution in [0.5, 0.6) is 11.5 Å². The third-order valence-electron chi connectivity index (χ3n) is 4.50. The number of rotatable bonds is 3. The molecule has 1 aliphatic rings. The molecular formula is C20H22ClNO3. The molecular weight excluding hydrogens is 338 g/mol. The van der Waals surface area contributed by atoms with Crippen molar-refractivity contribution in [2.75, 3.05) is 18.5 Å². The Morgan fingerprint density at radius 3 is 2.44 bits per heavy atom. The summed E-state index contributed by atoms with van der Waals surface area (Å²) in [5.41, 5.74) is 2.76. The van der Waals surface area contributed by atoms with E-state index in [9.17, 15) is 4.79 Å². The lowest BCUT2D eigenvalue weighted by Gasteiger charge is -2.27. The molecule has 1 heterocycles. The number of carbonyl (C=O) groups is 1. The molecule has 0 unspecified atom stereocenters. The van der Waals surface area contributed by atoms with E-state index in [0.29, 0.717) is 35.4 Å². The highest BCUT2D eigenvalue weighted by Gasteiger charge is 2.32. The van der Waals surface area contributed by atoms with Gasteiger partial charge in [0.15, 0.2) is 11.5 Å². The summed E-state index contributed by atoms with van der Waals surface area (Å²) in [5, 5.41) is 3.53. The van der Waals surface area contributed by atoms with Crippen molar-refractivity contribution >= 4 is 23.2 Å². The van der Waals surface area contributed by atoms with Gasteiger partial charge in [-0.2, -0.15) is 0 Å². The number of aryl methyl sites for hydroxylation is 2. The molecule has 0 bridgehead atoms.